The van der Waals surface area contributed by atoms with Crippen molar-refractivity contribution >= 4 is 23.2 Å². The predicted octanol–water partition coefficient (Wildman–Crippen LogP) is 3.57. The van der Waals surface area contributed by atoms with Crippen molar-refractivity contribution < 1.29 is 19.1 Å². The summed E-state index contributed by atoms with van der Waals surface area (Å²) in [7, 11) is 0. The van der Waals surface area contributed by atoms with E-state index in [-0.39, 0.29) is 18.4 Å². The molecule has 0 radical (unpaired) electrons. The molecule has 0 fully saturated rings. The molecule has 2 amide bonds. The maximum absolute atomic E-state index is 12.4. The number of rotatable bonds is 5. The normalized spacial score (nSPS) is 12.6. The summed E-state index contributed by atoms with van der Waals surface area (Å²) >= 11 is 0. The van der Waals surface area contributed by atoms with Crippen LogP contribution in [-0.4, -0.2) is 31.6 Å². The Kier molecular flexibility index (Phi) is 5.64. The van der Waals surface area contributed by atoms with Crippen LogP contribution in [0.5, 0.6) is 11.5 Å². The van der Waals surface area contributed by atoms with Crippen LogP contribution >= 0.6 is 0 Å². The van der Waals surface area contributed by atoms with Crippen LogP contribution in [0.3, 0.4) is 0 Å². The van der Waals surface area contributed by atoms with E-state index in [0.717, 1.165) is 0 Å². The molecular weight excluding hydrogens is 344 g/mol. The van der Waals surface area contributed by atoms with Gasteiger partial charge in [0.05, 0.1) is 0 Å². The molecule has 0 saturated heterocycles. The molecule has 0 bridgehead atoms. The number of nitrogens with one attached hydrogen (secondary N) is 1. The van der Waals surface area contributed by atoms with Gasteiger partial charge in [0.25, 0.3) is 0 Å². The Morgan fingerprint density at radius 1 is 1.04 bits per heavy atom. The highest BCUT2D eigenvalue weighted by Crippen LogP contribution is 2.34. The largest absolute Gasteiger partial charge is 0.486 e. The van der Waals surface area contributed by atoms with Gasteiger partial charge in [0, 0.05) is 24.4 Å². The quantitative estimate of drug-likeness (QED) is 0.876. The summed E-state index contributed by atoms with van der Waals surface area (Å²) < 4.78 is 11.1. The van der Waals surface area contributed by atoms with Crippen LogP contribution in [0.15, 0.2) is 42.5 Å². The van der Waals surface area contributed by atoms with Crippen molar-refractivity contribution in [3.05, 3.63) is 48.0 Å². The first kappa shape index (κ1) is 18.8. The van der Waals surface area contributed by atoms with Crippen LogP contribution in [0.2, 0.25) is 0 Å². The standard InChI is InChI=1S/C21H24N2O4/c1-14(2)16-4-6-17(7-5-16)22-21(25)13-23(15(3)24)18-8-9-19-20(12-18)27-11-10-26-19/h4-9,12,14H,10-11,13H2,1-3H3,(H,22,25). The first-order chi connectivity index (χ1) is 12.9. The molecule has 0 atom stereocenters. The lowest BCUT2D eigenvalue weighted by Crippen LogP contribution is -2.36. The van der Waals surface area contributed by atoms with Crippen molar-refractivity contribution in [3.63, 3.8) is 0 Å². The van der Waals surface area contributed by atoms with Crippen LogP contribution in [0, 0.1) is 0 Å². The molecule has 0 aliphatic carbocycles. The summed E-state index contributed by atoms with van der Waals surface area (Å²) in [5, 5.41) is 2.84. The molecule has 6 heteroatoms. The average Bonchev–Trinajstić information content (AvgIpc) is 2.66. The van der Waals surface area contributed by atoms with Crippen LogP contribution < -0.4 is 19.7 Å². The molecule has 2 aromatic carbocycles. The summed E-state index contributed by atoms with van der Waals surface area (Å²) in [6, 6.07) is 12.9. The summed E-state index contributed by atoms with van der Waals surface area (Å²) in [4.78, 5) is 26.0. The highest BCUT2D eigenvalue weighted by atomic mass is 16.6. The summed E-state index contributed by atoms with van der Waals surface area (Å²) in [6.07, 6.45) is 0. The van der Waals surface area contributed by atoms with Gasteiger partial charge in [-0.05, 0) is 35.7 Å². The topological polar surface area (TPSA) is 67.9 Å². The van der Waals surface area contributed by atoms with E-state index in [1.165, 1.54) is 17.4 Å². The molecule has 1 aliphatic heterocycles. The molecule has 0 unspecified atom stereocenters. The number of benzene rings is 2. The SMILES string of the molecule is CC(=O)N(CC(=O)Nc1ccc(C(C)C)cc1)c1ccc2c(c1)OCCO2. The first-order valence-electron chi connectivity index (χ1n) is 9.01. The van der Waals surface area contributed by atoms with Gasteiger partial charge in [-0.2, -0.15) is 0 Å². The minimum Gasteiger partial charge on any atom is -0.486 e. The lowest BCUT2D eigenvalue weighted by Gasteiger charge is -2.24. The lowest BCUT2D eigenvalue weighted by atomic mass is 10.0. The molecule has 6 nitrogen and oxygen atoms in total. The fourth-order valence-corrected chi connectivity index (χ4v) is 2.88. The first-order valence-corrected chi connectivity index (χ1v) is 9.01. The number of hydrogen-bond donors (Lipinski definition) is 1. The number of ether oxygens (including phenoxy) is 2. The molecule has 2 aromatic rings. The van der Waals surface area contributed by atoms with E-state index < -0.39 is 0 Å². The monoisotopic (exact) mass is 368 g/mol. The predicted molar refractivity (Wildman–Crippen MR) is 105 cm³/mol. The molecule has 0 spiro atoms. The number of carbonyl (C=O) groups excluding carboxylic acids is 2. The van der Waals surface area contributed by atoms with Crippen molar-refractivity contribution in [1.82, 2.24) is 0 Å². The minimum atomic E-state index is -0.266. The fourth-order valence-electron chi connectivity index (χ4n) is 2.88. The molecule has 1 N–H and O–H groups in total. The molecule has 1 aliphatic rings. The second-order valence-corrected chi connectivity index (χ2v) is 6.76. The summed E-state index contributed by atoms with van der Waals surface area (Å²) in [6.45, 7) is 6.55. The van der Waals surface area contributed by atoms with E-state index in [1.54, 1.807) is 18.2 Å². The maximum atomic E-state index is 12.4. The zero-order chi connectivity index (χ0) is 19.4. The highest BCUT2D eigenvalue weighted by molar-refractivity contribution is 6.02. The third-order valence-electron chi connectivity index (χ3n) is 4.38. The van der Waals surface area contributed by atoms with Crippen molar-refractivity contribution in [1.29, 1.82) is 0 Å². The van der Waals surface area contributed by atoms with Gasteiger partial charge in [-0.1, -0.05) is 26.0 Å². The molecule has 142 valence electrons. The second kappa shape index (κ2) is 8.12. The fraction of sp³-hybridized carbons (Fsp3) is 0.333. The minimum absolute atomic E-state index is 0.0824. The van der Waals surface area contributed by atoms with Crippen LogP contribution in [0.25, 0.3) is 0 Å². The number of amides is 2. The van der Waals surface area contributed by atoms with E-state index in [4.69, 9.17) is 9.47 Å². The number of fused-ring (bicyclic) bond motifs is 1. The Labute approximate surface area is 159 Å². The van der Waals surface area contributed by atoms with Gasteiger partial charge in [-0.15, -0.1) is 0 Å². The molecule has 3 rings (SSSR count). The van der Waals surface area contributed by atoms with Crippen LogP contribution in [0.1, 0.15) is 32.3 Å². The molecular formula is C21H24N2O4. The van der Waals surface area contributed by atoms with Crippen molar-refractivity contribution in [2.75, 3.05) is 30.0 Å². The van der Waals surface area contributed by atoms with Gasteiger partial charge in [-0.25, -0.2) is 0 Å². The zero-order valence-corrected chi connectivity index (χ0v) is 15.8. The third kappa shape index (κ3) is 4.58. The van der Waals surface area contributed by atoms with Gasteiger partial charge in [0.15, 0.2) is 11.5 Å². The molecule has 27 heavy (non-hydrogen) atoms. The Bertz CT molecular complexity index is 831. The maximum Gasteiger partial charge on any atom is 0.244 e. The highest BCUT2D eigenvalue weighted by Gasteiger charge is 2.19. The van der Waals surface area contributed by atoms with Gasteiger partial charge in [0.1, 0.15) is 19.8 Å². The summed E-state index contributed by atoms with van der Waals surface area (Å²) in [5.74, 6) is 1.16. The summed E-state index contributed by atoms with van der Waals surface area (Å²) in [5.41, 5.74) is 2.50. The van der Waals surface area contributed by atoms with Crippen LogP contribution in [0.4, 0.5) is 11.4 Å². The third-order valence-corrected chi connectivity index (χ3v) is 4.38. The molecule has 1 heterocycles. The zero-order valence-electron chi connectivity index (χ0n) is 15.8. The van der Waals surface area contributed by atoms with E-state index in [1.807, 2.05) is 24.3 Å². The lowest BCUT2D eigenvalue weighted by molar-refractivity contribution is -0.120. The molecule has 0 aromatic heterocycles. The van der Waals surface area contributed by atoms with E-state index in [9.17, 15) is 9.59 Å². The Morgan fingerprint density at radius 2 is 1.70 bits per heavy atom. The Hall–Kier alpha value is -3.02. The average molecular weight is 368 g/mol. The number of anilines is 2. The van der Waals surface area contributed by atoms with Gasteiger partial charge >= 0.3 is 0 Å². The second-order valence-electron chi connectivity index (χ2n) is 6.76. The number of nitrogens with zero attached hydrogens (tertiary/aromatic N) is 1. The Balaban J connectivity index is 1.70. The van der Waals surface area contributed by atoms with Crippen molar-refractivity contribution in [2.45, 2.75) is 26.7 Å². The number of hydrogen-bond acceptors (Lipinski definition) is 4. The van der Waals surface area contributed by atoms with Crippen molar-refractivity contribution in [2.24, 2.45) is 0 Å². The van der Waals surface area contributed by atoms with E-state index in [0.29, 0.717) is 42.0 Å². The smallest absolute Gasteiger partial charge is 0.244 e. The van der Waals surface area contributed by atoms with E-state index in [2.05, 4.69) is 19.2 Å². The molecule has 0 saturated carbocycles. The van der Waals surface area contributed by atoms with Gasteiger partial charge in [-0.3, -0.25) is 9.59 Å². The Morgan fingerprint density at radius 3 is 2.33 bits per heavy atom. The van der Waals surface area contributed by atoms with Gasteiger partial charge in [0.2, 0.25) is 11.8 Å². The number of carbonyl (C=O) groups is 2. The van der Waals surface area contributed by atoms with E-state index >= 15 is 0 Å². The van der Waals surface area contributed by atoms with Gasteiger partial charge < -0.3 is 19.7 Å². The van der Waals surface area contributed by atoms with Crippen molar-refractivity contribution in [3.8, 4) is 11.5 Å². The van der Waals surface area contributed by atoms with Crippen LogP contribution in [-0.2, 0) is 9.59 Å².